The van der Waals surface area contributed by atoms with Crippen LogP contribution in [0.1, 0.15) is 39.4 Å². The number of benzene rings is 2. The van der Waals surface area contributed by atoms with Crippen LogP contribution >= 0.6 is 0 Å². The lowest BCUT2D eigenvalue weighted by molar-refractivity contribution is 0.0601. The molecule has 0 aliphatic carbocycles. The van der Waals surface area contributed by atoms with Gasteiger partial charge in [-0.05, 0) is 47.4 Å². The molecule has 2 aliphatic heterocycles. The third-order valence-electron chi connectivity index (χ3n) is 6.41. The van der Waals surface area contributed by atoms with Crippen molar-refractivity contribution in [1.82, 2.24) is 4.98 Å². The van der Waals surface area contributed by atoms with Crippen molar-refractivity contribution >= 4 is 23.0 Å². The number of methoxy groups -OCH3 is 1. The molecule has 0 unspecified atom stereocenters. The zero-order valence-corrected chi connectivity index (χ0v) is 18.8. The number of aromatic nitrogens is 1. The first kappa shape index (κ1) is 21.3. The molecule has 0 radical (unpaired) electrons. The van der Waals surface area contributed by atoms with Crippen molar-refractivity contribution in [3.63, 3.8) is 0 Å². The monoisotopic (exact) mass is 445 g/mol. The summed E-state index contributed by atoms with van der Waals surface area (Å²) >= 11 is 0. The molecule has 7 heteroatoms. The number of hydrogen-bond donors (Lipinski definition) is 1. The lowest BCUT2D eigenvalue weighted by Crippen LogP contribution is -2.22. The highest BCUT2D eigenvalue weighted by Crippen LogP contribution is 2.38. The molecule has 0 saturated carbocycles. The van der Waals surface area contributed by atoms with Gasteiger partial charge in [0.2, 0.25) is 0 Å². The lowest BCUT2D eigenvalue weighted by Gasteiger charge is -2.29. The molecular weight excluding hydrogens is 418 g/mol. The van der Waals surface area contributed by atoms with Gasteiger partial charge in [-0.15, -0.1) is 0 Å². The molecule has 0 fully saturated rings. The van der Waals surface area contributed by atoms with Crippen LogP contribution in [-0.2, 0) is 22.7 Å². The Morgan fingerprint density at radius 2 is 1.97 bits per heavy atom. The standard InChI is InChI=1S/C26H27N3O4/c1-29(20-4-3-18-15-32-16-19(18)11-20)21-5-6-22-17(8-10-33-25(22)12-21)13-28-24-14-27-9-7-23(24)26(30)31-2/h3-7,9,11-12,14,17,28H,8,10,13,15-16H2,1-2H3/t17-/m0/s1. The van der Waals surface area contributed by atoms with Crippen LogP contribution in [0.15, 0.2) is 54.9 Å². The second-order valence-electron chi connectivity index (χ2n) is 8.35. The Balaban J connectivity index is 1.33. The Kier molecular flexibility index (Phi) is 5.88. The number of anilines is 3. The lowest BCUT2D eigenvalue weighted by atomic mass is 9.92. The average molecular weight is 446 g/mol. The summed E-state index contributed by atoms with van der Waals surface area (Å²) in [6.07, 6.45) is 4.15. The van der Waals surface area contributed by atoms with E-state index in [9.17, 15) is 4.79 Å². The quantitative estimate of drug-likeness (QED) is 0.554. The van der Waals surface area contributed by atoms with Gasteiger partial charge < -0.3 is 24.4 Å². The van der Waals surface area contributed by atoms with Crippen LogP contribution in [0, 0.1) is 0 Å². The van der Waals surface area contributed by atoms with Gasteiger partial charge in [0.1, 0.15) is 5.75 Å². The van der Waals surface area contributed by atoms with E-state index in [1.54, 1.807) is 18.5 Å². The molecule has 5 rings (SSSR count). The van der Waals surface area contributed by atoms with Gasteiger partial charge >= 0.3 is 5.97 Å². The number of carbonyl (C=O) groups is 1. The highest BCUT2D eigenvalue weighted by atomic mass is 16.5. The molecule has 1 atom stereocenters. The molecule has 0 bridgehead atoms. The van der Waals surface area contributed by atoms with Crippen LogP contribution in [0.3, 0.4) is 0 Å². The number of rotatable bonds is 6. The summed E-state index contributed by atoms with van der Waals surface area (Å²) in [5.74, 6) is 0.787. The Hall–Kier alpha value is -3.58. The Bertz CT molecular complexity index is 1180. The molecule has 0 saturated heterocycles. The van der Waals surface area contributed by atoms with Crippen molar-refractivity contribution in [1.29, 1.82) is 0 Å². The van der Waals surface area contributed by atoms with E-state index in [1.807, 2.05) is 0 Å². The normalized spacial score (nSPS) is 16.4. The zero-order chi connectivity index (χ0) is 22.8. The number of nitrogens with zero attached hydrogens (tertiary/aromatic N) is 2. The van der Waals surface area contributed by atoms with Gasteiger partial charge in [-0.2, -0.15) is 0 Å². The molecule has 2 aliphatic rings. The number of fused-ring (bicyclic) bond motifs is 2. The van der Waals surface area contributed by atoms with Gasteiger partial charge in [-0.25, -0.2) is 4.79 Å². The number of esters is 1. The number of pyridine rings is 1. The van der Waals surface area contributed by atoms with Gasteiger partial charge in [0.15, 0.2) is 0 Å². The molecule has 1 N–H and O–H groups in total. The van der Waals surface area contributed by atoms with Gasteiger partial charge in [0.25, 0.3) is 0 Å². The summed E-state index contributed by atoms with van der Waals surface area (Å²) < 4.78 is 16.5. The van der Waals surface area contributed by atoms with Crippen molar-refractivity contribution in [3.05, 3.63) is 77.1 Å². The predicted octanol–water partition coefficient (Wildman–Crippen LogP) is 4.64. The molecule has 170 valence electrons. The van der Waals surface area contributed by atoms with E-state index in [1.165, 1.54) is 18.2 Å². The van der Waals surface area contributed by atoms with Crippen LogP contribution in [0.25, 0.3) is 0 Å². The van der Waals surface area contributed by atoms with E-state index in [0.29, 0.717) is 37.6 Å². The molecule has 33 heavy (non-hydrogen) atoms. The average Bonchev–Trinajstić information content (AvgIpc) is 3.34. The van der Waals surface area contributed by atoms with E-state index in [0.717, 1.165) is 29.1 Å². The van der Waals surface area contributed by atoms with Crippen molar-refractivity contribution in [2.24, 2.45) is 0 Å². The number of hydrogen-bond acceptors (Lipinski definition) is 7. The summed E-state index contributed by atoms with van der Waals surface area (Å²) in [5, 5.41) is 3.39. The largest absolute Gasteiger partial charge is 0.493 e. The SMILES string of the molecule is COC(=O)c1ccncc1NC[C@@H]1CCOc2cc(N(C)c3ccc4c(c3)COC4)ccc21. The minimum atomic E-state index is -0.377. The zero-order valence-electron chi connectivity index (χ0n) is 18.8. The Labute approximate surface area is 193 Å². The van der Waals surface area contributed by atoms with Gasteiger partial charge in [-0.3, -0.25) is 4.98 Å². The first-order valence-electron chi connectivity index (χ1n) is 11.1. The fourth-order valence-corrected chi connectivity index (χ4v) is 4.45. The highest BCUT2D eigenvalue weighted by Gasteiger charge is 2.23. The smallest absolute Gasteiger partial charge is 0.340 e. The first-order chi connectivity index (χ1) is 16.1. The van der Waals surface area contributed by atoms with Crippen molar-refractivity contribution in [2.45, 2.75) is 25.6 Å². The van der Waals surface area contributed by atoms with Crippen LogP contribution < -0.4 is 15.0 Å². The first-order valence-corrected chi connectivity index (χ1v) is 11.1. The summed E-state index contributed by atoms with van der Waals surface area (Å²) in [5.41, 5.74) is 7.03. The molecule has 3 heterocycles. The maximum absolute atomic E-state index is 12.0. The third kappa shape index (κ3) is 4.24. The topological polar surface area (TPSA) is 72.9 Å². The van der Waals surface area contributed by atoms with Gasteiger partial charge in [0.05, 0.1) is 44.4 Å². The third-order valence-corrected chi connectivity index (χ3v) is 6.41. The molecule has 0 amide bonds. The number of nitrogens with one attached hydrogen (secondary N) is 1. The fraction of sp³-hybridized carbons (Fsp3) is 0.308. The maximum Gasteiger partial charge on any atom is 0.340 e. The van der Waals surface area contributed by atoms with Crippen LogP contribution in [0.4, 0.5) is 17.1 Å². The van der Waals surface area contributed by atoms with E-state index in [2.05, 4.69) is 58.6 Å². The van der Waals surface area contributed by atoms with Crippen molar-refractivity contribution < 1.29 is 19.0 Å². The van der Waals surface area contributed by atoms with E-state index in [-0.39, 0.29) is 11.9 Å². The minimum Gasteiger partial charge on any atom is -0.493 e. The fourth-order valence-electron chi connectivity index (χ4n) is 4.45. The minimum absolute atomic E-state index is 0.260. The molecule has 7 nitrogen and oxygen atoms in total. The predicted molar refractivity (Wildman–Crippen MR) is 126 cm³/mol. The van der Waals surface area contributed by atoms with Crippen LogP contribution in [-0.4, -0.2) is 38.3 Å². The summed E-state index contributed by atoms with van der Waals surface area (Å²) in [6, 6.07) is 14.5. The van der Waals surface area contributed by atoms with E-state index in [4.69, 9.17) is 14.2 Å². The molecule has 0 spiro atoms. The summed E-state index contributed by atoms with van der Waals surface area (Å²) in [7, 11) is 3.45. The van der Waals surface area contributed by atoms with Crippen LogP contribution in [0.5, 0.6) is 5.75 Å². The van der Waals surface area contributed by atoms with E-state index < -0.39 is 0 Å². The Morgan fingerprint density at radius 1 is 1.15 bits per heavy atom. The van der Waals surface area contributed by atoms with Crippen molar-refractivity contribution in [3.8, 4) is 5.75 Å². The number of carbonyl (C=O) groups excluding carboxylic acids is 1. The maximum atomic E-state index is 12.0. The second-order valence-corrected chi connectivity index (χ2v) is 8.35. The van der Waals surface area contributed by atoms with Crippen molar-refractivity contribution in [2.75, 3.05) is 37.5 Å². The molecule has 3 aromatic rings. The van der Waals surface area contributed by atoms with Gasteiger partial charge in [-0.1, -0.05) is 12.1 Å². The van der Waals surface area contributed by atoms with Crippen LogP contribution in [0.2, 0.25) is 0 Å². The summed E-state index contributed by atoms with van der Waals surface area (Å²) in [4.78, 5) is 18.4. The highest BCUT2D eigenvalue weighted by molar-refractivity contribution is 5.95. The molecular formula is C26H27N3O4. The summed E-state index contributed by atoms with van der Waals surface area (Å²) in [6.45, 7) is 2.70. The number of ether oxygens (including phenoxy) is 3. The van der Waals surface area contributed by atoms with E-state index >= 15 is 0 Å². The van der Waals surface area contributed by atoms with Gasteiger partial charge in [0, 0.05) is 43.1 Å². The molecule has 2 aromatic carbocycles. The Morgan fingerprint density at radius 3 is 2.85 bits per heavy atom. The molecule has 1 aromatic heterocycles. The second kappa shape index (κ2) is 9.11.